The average Bonchev–Trinajstić information content (AvgIpc) is 3.19. The maximum atomic E-state index is 11.4. The largest absolute Gasteiger partial charge is 0.870 e. The fraction of sp³-hybridized carbons (Fsp3) is 0.421. The van der Waals surface area contributed by atoms with Crippen molar-refractivity contribution < 1.29 is 28.3 Å². The van der Waals surface area contributed by atoms with E-state index in [0.717, 1.165) is 36.4 Å². The molecule has 0 aromatic carbocycles. The van der Waals surface area contributed by atoms with Gasteiger partial charge in [-0.2, -0.15) is 4.57 Å². The number of thioether (sulfide) groups is 1. The molecule has 0 aliphatic heterocycles. The van der Waals surface area contributed by atoms with E-state index in [1.165, 1.54) is 4.91 Å². The molecule has 0 bridgehead atoms. The predicted octanol–water partition coefficient (Wildman–Crippen LogP) is 5.32. The molecule has 2 rings (SSSR count). The summed E-state index contributed by atoms with van der Waals surface area (Å²) in [4.78, 5) is 2.22. The lowest BCUT2D eigenvalue weighted by Crippen LogP contribution is -2.35. The van der Waals surface area contributed by atoms with Crippen LogP contribution in [0.2, 0.25) is 0 Å². The summed E-state index contributed by atoms with van der Waals surface area (Å²) in [6.45, 7) is 7.01. The second kappa shape index (κ2) is 11.9. The van der Waals surface area contributed by atoms with Crippen molar-refractivity contribution in [3.8, 4) is 23.0 Å². The van der Waals surface area contributed by atoms with Gasteiger partial charge in [-0.25, -0.2) is 0 Å². The molecule has 2 aromatic heterocycles. The first-order valence-corrected chi connectivity index (χ1v) is 10.6. The zero-order valence-electron chi connectivity index (χ0n) is 16.2. The molecule has 2 aromatic rings. The molecule has 6 nitrogen and oxygen atoms in total. The molecular weight excluding hydrogens is 385 g/mol. The number of nitrogens with zero attached hydrogens (tertiary/aromatic N) is 1. The number of allylic oxidation sites excluding steroid dienone is 2. The highest BCUT2D eigenvalue weighted by Crippen LogP contribution is 2.45. The van der Waals surface area contributed by atoms with Crippen LogP contribution in [0.25, 0.3) is 11.5 Å². The highest BCUT2D eigenvalue weighted by molar-refractivity contribution is 8.03. The molecule has 27 heavy (non-hydrogen) atoms. The third-order valence-corrected chi connectivity index (χ3v) is 5.56. The Morgan fingerprint density at radius 1 is 1.37 bits per heavy atom. The van der Waals surface area contributed by atoms with Gasteiger partial charge in [0.1, 0.15) is 11.4 Å². The van der Waals surface area contributed by atoms with E-state index in [-0.39, 0.29) is 5.48 Å². The third kappa shape index (κ3) is 5.64. The lowest BCUT2D eigenvalue weighted by atomic mass is 10.2. The molecular formula is C19H28NO5PS. The highest BCUT2D eigenvalue weighted by atomic mass is 32.2. The smallest absolute Gasteiger partial charge is 0.294 e. The molecule has 0 saturated heterocycles. The van der Waals surface area contributed by atoms with Gasteiger partial charge in [0, 0.05) is 0 Å². The van der Waals surface area contributed by atoms with Crippen molar-refractivity contribution in [2.24, 2.45) is 0 Å². The van der Waals surface area contributed by atoms with Crippen LogP contribution in [0.5, 0.6) is 11.5 Å². The van der Waals surface area contributed by atoms with Crippen molar-refractivity contribution in [1.29, 1.82) is 0 Å². The summed E-state index contributed by atoms with van der Waals surface area (Å²) in [5.41, 5.74) is 0.734. The molecule has 0 amide bonds. The van der Waals surface area contributed by atoms with Crippen LogP contribution in [0.15, 0.2) is 44.9 Å². The monoisotopic (exact) mass is 413 g/mol. The molecule has 2 heterocycles. The van der Waals surface area contributed by atoms with Crippen LogP contribution in [-0.4, -0.2) is 12.6 Å². The minimum atomic E-state index is -1.43. The van der Waals surface area contributed by atoms with E-state index in [9.17, 15) is 4.57 Å². The van der Waals surface area contributed by atoms with E-state index in [1.807, 2.05) is 22.9 Å². The summed E-state index contributed by atoms with van der Waals surface area (Å²) >= 11 is 1.67. The molecule has 150 valence electrons. The van der Waals surface area contributed by atoms with Crippen molar-refractivity contribution in [2.75, 3.05) is 7.11 Å². The van der Waals surface area contributed by atoms with Crippen LogP contribution < -0.4 is 13.8 Å². The maximum absolute atomic E-state index is 11.4. The Morgan fingerprint density at radius 3 is 2.67 bits per heavy atom. The normalized spacial score (nSPS) is 11.6. The van der Waals surface area contributed by atoms with Crippen LogP contribution in [0, 0.1) is 0 Å². The Kier molecular flexibility index (Phi) is 10.3. The fourth-order valence-electron chi connectivity index (χ4n) is 2.70. The summed E-state index contributed by atoms with van der Waals surface area (Å²) in [5, 5.41) is 0. The number of ether oxygens (including phenoxy) is 1. The molecule has 0 spiro atoms. The summed E-state index contributed by atoms with van der Waals surface area (Å²) < 4.78 is 30.2. The van der Waals surface area contributed by atoms with Crippen molar-refractivity contribution in [3.05, 3.63) is 35.6 Å². The van der Waals surface area contributed by atoms with E-state index < -0.39 is 8.69 Å². The number of unbranched alkanes of at least 4 members (excludes halogenated alkanes) is 1. The van der Waals surface area contributed by atoms with Crippen LogP contribution in [-0.2, 0) is 11.1 Å². The molecule has 1 N–H and O–H groups in total. The van der Waals surface area contributed by atoms with Gasteiger partial charge in [-0.05, 0) is 43.7 Å². The summed E-state index contributed by atoms with van der Waals surface area (Å²) in [5.74, 6) is 1.71. The van der Waals surface area contributed by atoms with Gasteiger partial charge in [0.05, 0.1) is 13.4 Å². The first-order valence-electron chi connectivity index (χ1n) is 8.81. The highest BCUT2D eigenvalue weighted by Gasteiger charge is 2.30. The number of furan rings is 1. The van der Waals surface area contributed by atoms with Crippen LogP contribution in [0.4, 0.5) is 0 Å². The zero-order valence-corrected chi connectivity index (χ0v) is 18.2. The van der Waals surface area contributed by atoms with E-state index in [1.54, 1.807) is 25.1 Å². The summed E-state index contributed by atoms with van der Waals surface area (Å²) in [7, 11) is 0.181. The Hall–Kier alpha value is -1.69. The lowest BCUT2D eigenvalue weighted by molar-refractivity contribution is -0.685. The molecule has 0 saturated carbocycles. The Labute approximate surface area is 166 Å². The van der Waals surface area contributed by atoms with Gasteiger partial charge in [0.2, 0.25) is 20.2 Å². The van der Waals surface area contributed by atoms with Crippen LogP contribution in [0.3, 0.4) is 0 Å². The topological polar surface area (TPSA) is 82.5 Å². The molecule has 8 heteroatoms. The van der Waals surface area contributed by atoms with Crippen molar-refractivity contribution in [3.63, 3.8) is 0 Å². The minimum Gasteiger partial charge on any atom is -0.870 e. The molecule has 1 atom stereocenters. The Morgan fingerprint density at radius 2 is 2.15 bits per heavy atom. The van der Waals surface area contributed by atoms with Crippen molar-refractivity contribution in [1.82, 2.24) is 0 Å². The minimum absolute atomic E-state index is 0. The average molecular weight is 413 g/mol. The summed E-state index contributed by atoms with van der Waals surface area (Å²) in [6, 6.07) is 3.68. The fourth-order valence-corrected chi connectivity index (χ4v) is 4.11. The van der Waals surface area contributed by atoms with Gasteiger partial charge >= 0.3 is 0 Å². The Bertz CT molecular complexity index is 762. The lowest BCUT2D eigenvalue weighted by Gasteiger charge is -2.15. The van der Waals surface area contributed by atoms with Gasteiger partial charge in [-0.1, -0.05) is 31.2 Å². The maximum Gasteiger partial charge on any atom is 0.294 e. The van der Waals surface area contributed by atoms with Crippen LogP contribution >= 0.6 is 20.4 Å². The second-order valence-corrected chi connectivity index (χ2v) is 7.24. The zero-order chi connectivity index (χ0) is 18.9. The number of aryl methyl sites for hydroxylation is 1. The van der Waals surface area contributed by atoms with Gasteiger partial charge in [-0.3, -0.25) is 4.57 Å². The molecule has 0 aliphatic rings. The first-order chi connectivity index (χ1) is 12.7. The van der Waals surface area contributed by atoms with Gasteiger partial charge < -0.3 is 19.2 Å². The number of rotatable bonds is 10. The SMILES string of the molecule is CC=C(CCCC)Sc1c[n+](CC)c(-c2ccco2)c(O[PH2]=O)c1OC.[OH-]. The molecule has 0 aliphatic carbocycles. The number of hydrogen-bond donors (Lipinski definition) is 0. The molecule has 0 fully saturated rings. The van der Waals surface area contributed by atoms with Crippen LogP contribution in [0.1, 0.15) is 40.0 Å². The van der Waals surface area contributed by atoms with E-state index in [0.29, 0.717) is 17.3 Å². The van der Waals surface area contributed by atoms with Crippen molar-refractivity contribution in [2.45, 2.75) is 51.5 Å². The quantitative estimate of drug-likeness (QED) is 0.298. The predicted molar refractivity (Wildman–Crippen MR) is 109 cm³/mol. The number of hydrogen-bond acceptors (Lipinski definition) is 6. The van der Waals surface area contributed by atoms with E-state index in [4.69, 9.17) is 13.7 Å². The third-order valence-electron chi connectivity index (χ3n) is 4.01. The number of pyridine rings is 1. The number of methoxy groups -OCH3 is 1. The van der Waals surface area contributed by atoms with E-state index >= 15 is 0 Å². The van der Waals surface area contributed by atoms with Gasteiger partial charge in [0.25, 0.3) is 5.69 Å². The van der Waals surface area contributed by atoms with E-state index in [2.05, 4.69) is 26.8 Å². The standard InChI is InChI=1S/C19H27NO4PS.H2O/c1-5-8-10-14(6-2)26-16-13-20(7-3)17(15-11-9-12-23-15)19(24-25-21)18(16)22-4;/h6,9,11-13H,5,7-8,10,25H2,1-4H3;1H2/q+1;/p-1. The second-order valence-electron chi connectivity index (χ2n) is 5.64. The van der Waals surface area contributed by atoms with Crippen molar-refractivity contribution >= 4 is 20.4 Å². The Balaban J connectivity index is 0.00000364. The number of aromatic nitrogens is 1. The molecule has 0 radical (unpaired) electrons. The van der Waals surface area contributed by atoms with Gasteiger partial charge in [-0.15, -0.1) is 0 Å². The molecule has 1 unspecified atom stereocenters. The first kappa shape index (κ1) is 23.3. The van der Waals surface area contributed by atoms with Gasteiger partial charge in [0.15, 0.2) is 11.9 Å². The summed E-state index contributed by atoms with van der Waals surface area (Å²) in [6.07, 6.45) is 9.10.